The van der Waals surface area contributed by atoms with Crippen molar-refractivity contribution in [3.8, 4) is 5.75 Å². The fourth-order valence-corrected chi connectivity index (χ4v) is 2.18. The highest BCUT2D eigenvalue weighted by Crippen LogP contribution is 2.29. The number of hydrogen-bond acceptors (Lipinski definition) is 2. The molecule has 0 fully saturated rings. The van der Waals surface area contributed by atoms with Crippen LogP contribution < -0.4 is 4.74 Å². The van der Waals surface area contributed by atoms with Gasteiger partial charge in [-0.3, -0.25) is 4.79 Å². The fourth-order valence-electron chi connectivity index (χ4n) is 2.18. The van der Waals surface area contributed by atoms with Crippen molar-refractivity contribution < 1.29 is 14.6 Å². The first-order valence-electron chi connectivity index (χ1n) is 5.59. The number of aryl methyl sites for hydroxylation is 1. The Hall–Kier alpha value is -1.51. The molecule has 1 aromatic rings. The third-order valence-electron chi connectivity index (χ3n) is 2.97. The monoisotopic (exact) mass is 220 g/mol. The molecule has 3 heteroatoms. The van der Waals surface area contributed by atoms with Gasteiger partial charge in [0.1, 0.15) is 5.75 Å². The second-order valence-electron chi connectivity index (χ2n) is 4.42. The molecule has 0 aliphatic carbocycles. The van der Waals surface area contributed by atoms with Crippen LogP contribution in [-0.4, -0.2) is 17.7 Å². The summed E-state index contributed by atoms with van der Waals surface area (Å²) in [6, 6.07) is 6.10. The van der Waals surface area contributed by atoms with Gasteiger partial charge in [-0.25, -0.2) is 0 Å². The summed E-state index contributed by atoms with van der Waals surface area (Å²) >= 11 is 0. The Bertz CT molecular complexity index is 398. The van der Waals surface area contributed by atoms with Crippen molar-refractivity contribution in [1.29, 1.82) is 0 Å². The van der Waals surface area contributed by atoms with Crippen LogP contribution in [0.1, 0.15) is 24.0 Å². The van der Waals surface area contributed by atoms with Gasteiger partial charge in [0.25, 0.3) is 0 Å². The zero-order valence-corrected chi connectivity index (χ0v) is 9.40. The lowest BCUT2D eigenvalue weighted by molar-refractivity contribution is -0.138. The van der Waals surface area contributed by atoms with Crippen LogP contribution in [0.4, 0.5) is 0 Å². The first-order valence-corrected chi connectivity index (χ1v) is 5.59. The van der Waals surface area contributed by atoms with E-state index in [1.807, 2.05) is 19.1 Å². The molecule has 1 atom stereocenters. The van der Waals surface area contributed by atoms with Gasteiger partial charge in [-0.1, -0.05) is 17.7 Å². The quantitative estimate of drug-likeness (QED) is 0.832. The van der Waals surface area contributed by atoms with E-state index in [1.54, 1.807) is 0 Å². The van der Waals surface area contributed by atoms with Crippen LogP contribution in [0.2, 0.25) is 0 Å². The Kier molecular flexibility index (Phi) is 3.13. The summed E-state index contributed by atoms with van der Waals surface area (Å²) < 4.78 is 5.62. The van der Waals surface area contributed by atoms with E-state index in [2.05, 4.69) is 6.07 Å². The van der Waals surface area contributed by atoms with E-state index >= 15 is 0 Å². The molecular weight excluding hydrogens is 204 g/mol. The van der Waals surface area contributed by atoms with E-state index in [-0.39, 0.29) is 12.3 Å². The standard InChI is InChI=1S/C13H16O3/c1-9-2-3-12-11(6-9)7-10(4-5-16-12)8-13(14)15/h2-3,6,10H,4-5,7-8H2,1H3,(H,14,15). The highest BCUT2D eigenvalue weighted by molar-refractivity contribution is 5.67. The van der Waals surface area contributed by atoms with Gasteiger partial charge >= 0.3 is 5.97 Å². The topological polar surface area (TPSA) is 46.5 Å². The molecule has 0 bridgehead atoms. The number of rotatable bonds is 2. The van der Waals surface area contributed by atoms with Crippen LogP contribution in [0.3, 0.4) is 0 Å². The predicted molar refractivity (Wildman–Crippen MR) is 60.7 cm³/mol. The molecular formula is C13H16O3. The number of benzene rings is 1. The fraction of sp³-hybridized carbons (Fsp3) is 0.462. The maximum atomic E-state index is 10.7. The van der Waals surface area contributed by atoms with Gasteiger partial charge in [0, 0.05) is 6.42 Å². The van der Waals surface area contributed by atoms with Crippen molar-refractivity contribution in [3.63, 3.8) is 0 Å². The highest BCUT2D eigenvalue weighted by Gasteiger charge is 2.19. The number of hydrogen-bond donors (Lipinski definition) is 1. The van der Waals surface area contributed by atoms with Gasteiger partial charge < -0.3 is 9.84 Å². The number of carboxylic acids is 1. The SMILES string of the molecule is Cc1ccc2c(c1)CC(CC(=O)O)CCO2. The molecule has 0 saturated heterocycles. The Labute approximate surface area is 95.0 Å². The van der Waals surface area contributed by atoms with Crippen LogP contribution >= 0.6 is 0 Å². The van der Waals surface area contributed by atoms with Crippen LogP contribution in [0.5, 0.6) is 5.75 Å². The Balaban J connectivity index is 2.19. The van der Waals surface area contributed by atoms with Crippen molar-refractivity contribution in [2.24, 2.45) is 5.92 Å². The average Bonchev–Trinajstić information content (AvgIpc) is 2.37. The molecule has 0 amide bonds. The molecule has 1 unspecified atom stereocenters. The Morgan fingerprint density at radius 3 is 3.12 bits per heavy atom. The Morgan fingerprint density at radius 2 is 2.38 bits per heavy atom. The van der Waals surface area contributed by atoms with Gasteiger partial charge in [0.15, 0.2) is 0 Å². The molecule has 0 radical (unpaired) electrons. The molecule has 0 saturated carbocycles. The molecule has 16 heavy (non-hydrogen) atoms. The summed E-state index contributed by atoms with van der Waals surface area (Å²) in [4.78, 5) is 10.7. The number of aliphatic carboxylic acids is 1. The van der Waals surface area contributed by atoms with E-state index in [9.17, 15) is 4.79 Å². The molecule has 0 spiro atoms. The molecule has 0 aromatic heterocycles. The molecule has 1 aliphatic heterocycles. The maximum absolute atomic E-state index is 10.7. The summed E-state index contributed by atoms with van der Waals surface area (Å²) in [5.74, 6) is 0.389. The smallest absolute Gasteiger partial charge is 0.303 e. The lowest BCUT2D eigenvalue weighted by atomic mass is 9.93. The van der Waals surface area contributed by atoms with Crippen LogP contribution in [0.25, 0.3) is 0 Å². The first-order chi connectivity index (χ1) is 7.65. The predicted octanol–water partition coefficient (Wildman–Crippen LogP) is 2.41. The summed E-state index contributed by atoms with van der Waals surface area (Å²) in [5, 5.41) is 8.82. The van der Waals surface area contributed by atoms with Crippen LogP contribution in [0, 0.1) is 12.8 Å². The molecule has 86 valence electrons. The lowest BCUT2D eigenvalue weighted by Crippen LogP contribution is -2.11. The maximum Gasteiger partial charge on any atom is 0.303 e. The first kappa shape index (κ1) is 11.0. The van der Waals surface area contributed by atoms with Crippen LogP contribution in [-0.2, 0) is 11.2 Å². The zero-order chi connectivity index (χ0) is 11.5. The molecule has 1 N–H and O–H groups in total. The third kappa shape index (κ3) is 2.54. The van der Waals surface area contributed by atoms with Crippen molar-refractivity contribution in [1.82, 2.24) is 0 Å². The normalized spacial score (nSPS) is 19.4. The second-order valence-corrected chi connectivity index (χ2v) is 4.42. The summed E-state index contributed by atoms with van der Waals surface area (Å²) in [6.45, 7) is 2.66. The number of carboxylic acid groups (broad SMARTS) is 1. The third-order valence-corrected chi connectivity index (χ3v) is 2.97. The number of fused-ring (bicyclic) bond motifs is 1. The minimum atomic E-state index is -0.721. The van der Waals surface area contributed by atoms with Crippen molar-refractivity contribution in [2.45, 2.75) is 26.2 Å². The van der Waals surface area contributed by atoms with Crippen LogP contribution in [0.15, 0.2) is 18.2 Å². The molecule has 3 nitrogen and oxygen atoms in total. The largest absolute Gasteiger partial charge is 0.493 e. The van der Waals surface area contributed by atoms with Gasteiger partial charge in [0.2, 0.25) is 0 Å². The van der Waals surface area contributed by atoms with Gasteiger partial charge in [0.05, 0.1) is 6.61 Å². The highest BCUT2D eigenvalue weighted by atomic mass is 16.5. The van der Waals surface area contributed by atoms with E-state index in [1.165, 1.54) is 5.56 Å². The van der Waals surface area contributed by atoms with Gasteiger partial charge in [-0.15, -0.1) is 0 Å². The van der Waals surface area contributed by atoms with Crippen molar-refractivity contribution in [3.05, 3.63) is 29.3 Å². The molecule has 1 aliphatic rings. The second kappa shape index (κ2) is 4.56. The van der Waals surface area contributed by atoms with E-state index in [4.69, 9.17) is 9.84 Å². The van der Waals surface area contributed by atoms with E-state index in [0.717, 1.165) is 24.2 Å². The van der Waals surface area contributed by atoms with E-state index < -0.39 is 5.97 Å². The van der Waals surface area contributed by atoms with Crippen molar-refractivity contribution >= 4 is 5.97 Å². The number of carbonyl (C=O) groups is 1. The minimum Gasteiger partial charge on any atom is -0.493 e. The minimum absolute atomic E-state index is 0.195. The Morgan fingerprint density at radius 1 is 1.56 bits per heavy atom. The van der Waals surface area contributed by atoms with Gasteiger partial charge in [-0.2, -0.15) is 0 Å². The molecule has 2 rings (SSSR count). The summed E-state index contributed by atoms with van der Waals surface area (Å²) in [5.41, 5.74) is 2.34. The molecule has 1 heterocycles. The summed E-state index contributed by atoms with van der Waals surface area (Å²) in [7, 11) is 0. The molecule has 1 aromatic carbocycles. The number of ether oxygens (including phenoxy) is 1. The summed E-state index contributed by atoms with van der Waals surface area (Å²) in [6.07, 6.45) is 1.86. The van der Waals surface area contributed by atoms with Gasteiger partial charge in [-0.05, 0) is 37.3 Å². The average molecular weight is 220 g/mol. The lowest BCUT2D eigenvalue weighted by Gasteiger charge is -2.10. The van der Waals surface area contributed by atoms with E-state index in [0.29, 0.717) is 6.61 Å². The zero-order valence-electron chi connectivity index (χ0n) is 9.40. The van der Waals surface area contributed by atoms with Crippen molar-refractivity contribution in [2.75, 3.05) is 6.61 Å².